The molecule has 0 saturated carbocycles. The molecule has 140 valence electrons. The molecule has 1 saturated heterocycles. The molecule has 1 fully saturated rings. The van der Waals surface area contributed by atoms with Gasteiger partial charge in [0.15, 0.2) is 0 Å². The highest BCUT2D eigenvalue weighted by Gasteiger charge is 2.20. The number of hydrogen-bond donors (Lipinski definition) is 2. The summed E-state index contributed by atoms with van der Waals surface area (Å²) in [5.41, 5.74) is 0.965. The number of carbonyl (C=O) groups is 1. The molecule has 0 aromatic carbocycles. The van der Waals surface area contributed by atoms with Gasteiger partial charge in [-0.25, -0.2) is 9.78 Å². The van der Waals surface area contributed by atoms with E-state index in [1.54, 1.807) is 13.3 Å². The molecule has 0 unspecified atom stereocenters. The van der Waals surface area contributed by atoms with Crippen molar-refractivity contribution in [3.8, 4) is 5.88 Å². The number of ether oxygens (including phenoxy) is 1. The van der Waals surface area contributed by atoms with Gasteiger partial charge in [0.1, 0.15) is 0 Å². The van der Waals surface area contributed by atoms with Crippen molar-refractivity contribution in [2.75, 3.05) is 26.7 Å². The van der Waals surface area contributed by atoms with Crippen LogP contribution in [-0.2, 0) is 13.1 Å². The summed E-state index contributed by atoms with van der Waals surface area (Å²) in [4.78, 5) is 20.0. The van der Waals surface area contributed by atoms with E-state index in [1.165, 1.54) is 17.7 Å². The van der Waals surface area contributed by atoms with Crippen LogP contribution in [0, 0.1) is 5.92 Å². The first-order valence-corrected chi connectivity index (χ1v) is 9.86. The zero-order valence-corrected chi connectivity index (χ0v) is 15.9. The number of rotatable bonds is 7. The molecule has 2 N–H and O–H groups in total. The van der Waals surface area contributed by atoms with Crippen molar-refractivity contribution in [2.24, 2.45) is 5.92 Å². The Morgan fingerprint density at radius 2 is 2.35 bits per heavy atom. The Morgan fingerprint density at radius 1 is 1.42 bits per heavy atom. The molecule has 3 heterocycles. The minimum atomic E-state index is -0.129. The Morgan fingerprint density at radius 3 is 3.15 bits per heavy atom. The summed E-state index contributed by atoms with van der Waals surface area (Å²) in [5, 5.41) is 8.03. The first kappa shape index (κ1) is 18.7. The molecular weight excluding hydrogens is 348 g/mol. The van der Waals surface area contributed by atoms with E-state index in [9.17, 15) is 4.79 Å². The number of pyridine rings is 1. The van der Waals surface area contributed by atoms with Gasteiger partial charge in [-0.05, 0) is 48.4 Å². The Kier molecular flexibility index (Phi) is 6.85. The van der Waals surface area contributed by atoms with Crippen molar-refractivity contribution in [2.45, 2.75) is 25.9 Å². The van der Waals surface area contributed by atoms with Crippen molar-refractivity contribution in [3.05, 3.63) is 46.3 Å². The largest absolute Gasteiger partial charge is 0.481 e. The summed E-state index contributed by atoms with van der Waals surface area (Å²) in [7, 11) is 1.58. The molecule has 1 aliphatic heterocycles. The average Bonchev–Trinajstić information content (AvgIpc) is 3.18. The van der Waals surface area contributed by atoms with E-state index in [-0.39, 0.29) is 6.03 Å². The number of aromatic nitrogens is 1. The highest BCUT2D eigenvalue weighted by molar-refractivity contribution is 7.09. The predicted octanol–water partition coefficient (Wildman–Crippen LogP) is 2.86. The normalized spacial score (nSPS) is 17.7. The Balaban J connectivity index is 1.38. The Bertz CT molecular complexity index is 693. The fraction of sp³-hybridized carbons (Fsp3) is 0.474. The lowest BCUT2D eigenvalue weighted by atomic mass is 9.98. The van der Waals surface area contributed by atoms with Crippen LogP contribution in [0.15, 0.2) is 35.8 Å². The summed E-state index contributed by atoms with van der Waals surface area (Å²) in [6, 6.07) is 7.85. The number of nitrogens with one attached hydrogen (secondary N) is 2. The lowest BCUT2D eigenvalue weighted by Gasteiger charge is -2.32. The first-order valence-electron chi connectivity index (χ1n) is 8.98. The minimum absolute atomic E-state index is 0.129. The number of nitrogens with zero attached hydrogens (tertiary/aromatic N) is 2. The third kappa shape index (κ3) is 5.71. The van der Waals surface area contributed by atoms with Gasteiger partial charge in [0.25, 0.3) is 0 Å². The van der Waals surface area contributed by atoms with Crippen LogP contribution >= 0.6 is 11.3 Å². The Hall–Kier alpha value is -2.12. The summed E-state index contributed by atoms with van der Waals surface area (Å²) in [6.07, 6.45) is 4.04. The van der Waals surface area contributed by atoms with E-state index >= 15 is 0 Å². The third-order valence-electron chi connectivity index (χ3n) is 4.58. The molecule has 26 heavy (non-hydrogen) atoms. The molecule has 1 aliphatic rings. The van der Waals surface area contributed by atoms with Crippen molar-refractivity contribution >= 4 is 17.4 Å². The van der Waals surface area contributed by atoms with Crippen LogP contribution in [0.3, 0.4) is 0 Å². The van der Waals surface area contributed by atoms with Gasteiger partial charge in [-0.15, -0.1) is 11.3 Å². The van der Waals surface area contributed by atoms with Gasteiger partial charge in [-0.3, -0.25) is 4.90 Å². The highest BCUT2D eigenvalue weighted by Crippen LogP contribution is 2.20. The van der Waals surface area contributed by atoms with Crippen molar-refractivity contribution < 1.29 is 9.53 Å². The summed E-state index contributed by atoms with van der Waals surface area (Å²) in [5.74, 6) is 1.06. The lowest BCUT2D eigenvalue weighted by molar-refractivity contribution is 0.166. The number of piperidine rings is 1. The molecule has 6 nitrogen and oxygen atoms in total. The number of carbonyl (C=O) groups excluding carboxylic acids is 1. The second-order valence-corrected chi connectivity index (χ2v) is 7.63. The molecule has 0 spiro atoms. The van der Waals surface area contributed by atoms with E-state index < -0.39 is 0 Å². The van der Waals surface area contributed by atoms with Gasteiger partial charge in [-0.1, -0.05) is 6.07 Å². The number of amides is 2. The summed E-state index contributed by atoms with van der Waals surface area (Å²) < 4.78 is 5.09. The van der Waals surface area contributed by atoms with Crippen LogP contribution < -0.4 is 15.4 Å². The quantitative estimate of drug-likeness (QED) is 0.782. The topological polar surface area (TPSA) is 66.5 Å². The molecule has 2 aromatic heterocycles. The van der Waals surface area contributed by atoms with Gasteiger partial charge in [-0.2, -0.15) is 0 Å². The van der Waals surface area contributed by atoms with Crippen LogP contribution in [0.4, 0.5) is 4.79 Å². The zero-order valence-electron chi connectivity index (χ0n) is 15.1. The second-order valence-electron chi connectivity index (χ2n) is 6.59. The fourth-order valence-corrected chi connectivity index (χ4v) is 3.98. The van der Waals surface area contributed by atoms with Gasteiger partial charge < -0.3 is 15.4 Å². The van der Waals surface area contributed by atoms with Gasteiger partial charge in [0.05, 0.1) is 7.11 Å². The number of hydrogen-bond acceptors (Lipinski definition) is 5. The van der Waals surface area contributed by atoms with Crippen LogP contribution in [0.5, 0.6) is 5.88 Å². The molecule has 2 amide bonds. The monoisotopic (exact) mass is 374 g/mol. The zero-order chi connectivity index (χ0) is 18.2. The molecule has 0 radical (unpaired) electrons. The van der Waals surface area contributed by atoms with E-state index in [0.29, 0.717) is 24.9 Å². The molecule has 1 atom stereocenters. The maximum absolute atomic E-state index is 12.1. The van der Waals surface area contributed by atoms with Crippen LogP contribution in [-0.4, -0.2) is 42.7 Å². The first-order chi connectivity index (χ1) is 12.7. The van der Waals surface area contributed by atoms with E-state index in [4.69, 9.17) is 4.74 Å². The molecule has 2 aromatic rings. The van der Waals surface area contributed by atoms with Crippen LogP contribution in [0.1, 0.15) is 23.3 Å². The number of likely N-dealkylation sites (tertiary alicyclic amines) is 1. The SMILES string of the molecule is COc1cc(CNC(=O)NC[C@@H]2CCCN(Cc3cccs3)C2)ccn1. The molecule has 7 heteroatoms. The summed E-state index contributed by atoms with van der Waals surface area (Å²) in [6.45, 7) is 4.38. The molecule has 3 rings (SSSR count). The predicted molar refractivity (Wildman–Crippen MR) is 103 cm³/mol. The molecule has 0 aliphatic carbocycles. The van der Waals surface area contributed by atoms with Gasteiger partial charge >= 0.3 is 6.03 Å². The third-order valence-corrected chi connectivity index (χ3v) is 5.44. The maximum Gasteiger partial charge on any atom is 0.315 e. The lowest BCUT2D eigenvalue weighted by Crippen LogP contribution is -2.43. The maximum atomic E-state index is 12.1. The van der Waals surface area contributed by atoms with Crippen molar-refractivity contribution in [1.82, 2.24) is 20.5 Å². The number of thiophene rings is 1. The average molecular weight is 375 g/mol. The fourth-order valence-electron chi connectivity index (χ4n) is 3.24. The van der Waals surface area contributed by atoms with Gasteiger partial charge in [0.2, 0.25) is 5.88 Å². The number of urea groups is 1. The van der Waals surface area contributed by atoms with Gasteiger partial charge in [0, 0.05) is 43.3 Å². The standard InChI is InChI=1S/C19H26N4O2S/c1-25-18-10-15(6-7-20-18)11-21-19(24)22-12-16-4-2-8-23(13-16)14-17-5-3-9-26-17/h3,5-7,9-10,16H,2,4,8,11-14H2,1H3,(H2,21,22,24)/t16-/m0/s1. The van der Waals surface area contributed by atoms with E-state index in [2.05, 4.69) is 38.0 Å². The smallest absolute Gasteiger partial charge is 0.315 e. The van der Waals surface area contributed by atoms with Crippen LogP contribution in [0.25, 0.3) is 0 Å². The second kappa shape index (κ2) is 9.54. The van der Waals surface area contributed by atoms with Crippen molar-refractivity contribution in [1.29, 1.82) is 0 Å². The minimum Gasteiger partial charge on any atom is -0.481 e. The number of methoxy groups -OCH3 is 1. The van der Waals surface area contributed by atoms with E-state index in [1.807, 2.05) is 23.5 Å². The molecular formula is C19H26N4O2S. The highest BCUT2D eigenvalue weighted by atomic mass is 32.1. The van der Waals surface area contributed by atoms with E-state index in [0.717, 1.165) is 25.2 Å². The summed E-state index contributed by atoms with van der Waals surface area (Å²) >= 11 is 1.81. The Labute approximate surface area is 158 Å². The molecule has 0 bridgehead atoms. The van der Waals surface area contributed by atoms with Crippen molar-refractivity contribution in [3.63, 3.8) is 0 Å². The van der Waals surface area contributed by atoms with Crippen LogP contribution in [0.2, 0.25) is 0 Å².